The summed E-state index contributed by atoms with van der Waals surface area (Å²) in [6.07, 6.45) is 1.40. The van der Waals surface area contributed by atoms with E-state index in [0.717, 1.165) is 22.3 Å². The van der Waals surface area contributed by atoms with Gasteiger partial charge in [-0.3, -0.25) is 9.59 Å². The van der Waals surface area contributed by atoms with Gasteiger partial charge < -0.3 is 9.15 Å². The molecule has 1 saturated heterocycles. The van der Waals surface area contributed by atoms with Crippen molar-refractivity contribution in [2.75, 3.05) is 4.90 Å². The van der Waals surface area contributed by atoms with Crippen LogP contribution in [0.1, 0.15) is 44.6 Å². The van der Waals surface area contributed by atoms with Crippen molar-refractivity contribution >= 4 is 23.5 Å². The zero-order valence-electron chi connectivity index (χ0n) is 18.5. The molecule has 3 aliphatic carbocycles. The molecule has 1 fully saturated rings. The van der Waals surface area contributed by atoms with Gasteiger partial charge in [-0.25, -0.2) is 9.69 Å². The molecule has 2 atom stereocenters. The van der Waals surface area contributed by atoms with Gasteiger partial charge in [-0.05, 0) is 58.7 Å². The minimum atomic E-state index is -0.616. The lowest BCUT2D eigenvalue weighted by molar-refractivity contribution is -0.122. The molecule has 0 unspecified atom stereocenters. The average molecular weight is 461 g/mol. The molecule has 6 heteroatoms. The van der Waals surface area contributed by atoms with Crippen molar-refractivity contribution in [1.29, 1.82) is 0 Å². The highest BCUT2D eigenvalue weighted by atomic mass is 16.5. The Morgan fingerprint density at radius 2 is 1.20 bits per heavy atom. The molecule has 0 radical (unpaired) electrons. The van der Waals surface area contributed by atoms with E-state index in [9.17, 15) is 14.4 Å². The minimum absolute atomic E-state index is 0.0951. The van der Waals surface area contributed by atoms with Crippen LogP contribution in [0.3, 0.4) is 0 Å². The zero-order valence-corrected chi connectivity index (χ0v) is 18.5. The first-order valence-electron chi connectivity index (χ1n) is 11.5. The predicted octanol–water partition coefficient (Wildman–Crippen LogP) is 4.90. The van der Waals surface area contributed by atoms with Crippen LogP contribution in [0.4, 0.5) is 5.69 Å². The van der Waals surface area contributed by atoms with Crippen LogP contribution < -0.4 is 9.64 Å². The second kappa shape index (κ2) is 7.27. The fraction of sp³-hybridized carbons (Fsp3) is 0.138. The van der Waals surface area contributed by atoms with E-state index in [4.69, 9.17) is 9.15 Å². The first-order valence-corrected chi connectivity index (χ1v) is 11.5. The van der Waals surface area contributed by atoms with Gasteiger partial charge in [0.25, 0.3) is 0 Å². The number of hydrogen-bond acceptors (Lipinski definition) is 5. The molecule has 0 saturated carbocycles. The number of rotatable bonds is 3. The molecule has 1 aliphatic heterocycles. The van der Waals surface area contributed by atoms with E-state index in [1.54, 1.807) is 30.3 Å². The second-order valence-corrected chi connectivity index (χ2v) is 9.14. The molecule has 2 amide bonds. The number of carbonyl (C=O) groups is 3. The lowest BCUT2D eigenvalue weighted by Gasteiger charge is -2.45. The number of imide groups is 1. The number of anilines is 1. The van der Waals surface area contributed by atoms with E-state index < -0.39 is 17.8 Å². The first-order chi connectivity index (χ1) is 17.1. The van der Waals surface area contributed by atoms with E-state index in [-0.39, 0.29) is 29.4 Å². The van der Waals surface area contributed by atoms with Gasteiger partial charge in [0.1, 0.15) is 5.75 Å². The predicted molar refractivity (Wildman–Crippen MR) is 126 cm³/mol. The van der Waals surface area contributed by atoms with Crippen LogP contribution in [0.2, 0.25) is 0 Å². The van der Waals surface area contributed by atoms with Crippen LogP contribution >= 0.6 is 0 Å². The van der Waals surface area contributed by atoms with Crippen LogP contribution in [-0.4, -0.2) is 17.8 Å². The lowest BCUT2D eigenvalue weighted by atomic mass is 9.55. The number of amides is 2. The van der Waals surface area contributed by atoms with Crippen LogP contribution in [0, 0.1) is 11.8 Å². The maximum atomic E-state index is 13.8. The zero-order chi connectivity index (χ0) is 23.7. The summed E-state index contributed by atoms with van der Waals surface area (Å²) >= 11 is 0. The van der Waals surface area contributed by atoms with Crippen LogP contribution in [-0.2, 0) is 9.59 Å². The highest BCUT2D eigenvalue weighted by Gasteiger charge is 2.61. The number of benzene rings is 3. The third-order valence-electron chi connectivity index (χ3n) is 7.48. The van der Waals surface area contributed by atoms with Gasteiger partial charge in [0, 0.05) is 11.8 Å². The topological polar surface area (TPSA) is 76.8 Å². The van der Waals surface area contributed by atoms with Crippen molar-refractivity contribution in [2.24, 2.45) is 11.8 Å². The Hall–Kier alpha value is -4.45. The van der Waals surface area contributed by atoms with Crippen molar-refractivity contribution in [2.45, 2.75) is 11.8 Å². The van der Waals surface area contributed by atoms with E-state index >= 15 is 0 Å². The van der Waals surface area contributed by atoms with Gasteiger partial charge in [-0.2, -0.15) is 0 Å². The average Bonchev–Trinajstić information content (AvgIpc) is 3.52. The maximum absolute atomic E-state index is 13.8. The normalized spacial score (nSPS) is 23.6. The Balaban J connectivity index is 1.24. The number of nitrogens with zero attached hydrogens (tertiary/aromatic N) is 1. The number of esters is 1. The van der Waals surface area contributed by atoms with Gasteiger partial charge in [0.15, 0.2) is 0 Å². The van der Waals surface area contributed by atoms with Crippen molar-refractivity contribution < 1.29 is 23.5 Å². The van der Waals surface area contributed by atoms with Crippen LogP contribution in [0.5, 0.6) is 5.75 Å². The van der Waals surface area contributed by atoms with Crippen molar-refractivity contribution in [1.82, 2.24) is 0 Å². The molecule has 35 heavy (non-hydrogen) atoms. The Labute approximate surface area is 200 Å². The van der Waals surface area contributed by atoms with Crippen LogP contribution in [0.15, 0.2) is 95.6 Å². The standard InChI is InChI=1S/C29H19NO5/c31-27-25-23-18-6-1-2-7-19(18)24(21-9-4-3-8-20(21)23)26(25)28(32)30(27)16-11-13-17(14-12-16)35-29(33)22-10-5-15-34-22/h1-15,23-26H/t23?,24?,25-,26-/m1/s1. The van der Waals surface area contributed by atoms with Gasteiger partial charge >= 0.3 is 5.97 Å². The van der Waals surface area contributed by atoms with E-state index in [0.29, 0.717) is 11.4 Å². The van der Waals surface area contributed by atoms with Gasteiger partial charge in [-0.1, -0.05) is 48.5 Å². The summed E-state index contributed by atoms with van der Waals surface area (Å²) < 4.78 is 10.4. The minimum Gasteiger partial charge on any atom is -0.457 e. The molecular formula is C29H19NO5. The molecule has 0 N–H and O–H groups in total. The molecular weight excluding hydrogens is 442 g/mol. The van der Waals surface area contributed by atoms with E-state index in [1.165, 1.54) is 17.2 Å². The largest absolute Gasteiger partial charge is 0.457 e. The quantitative estimate of drug-likeness (QED) is 0.247. The summed E-state index contributed by atoms with van der Waals surface area (Å²) in [5.41, 5.74) is 5.03. The molecule has 2 bridgehead atoms. The summed E-state index contributed by atoms with van der Waals surface area (Å²) in [7, 11) is 0. The Morgan fingerprint density at radius 1 is 0.686 bits per heavy atom. The van der Waals surface area contributed by atoms with E-state index in [2.05, 4.69) is 24.3 Å². The van der Waals surface area contributed by atoms with Gasteiger partial charge in [0.05, 0.1) is 23.8 Å². The van der Waals surface area contributed by atoms with Crippen molar-refractivity contribution in [3.8, 4) is 5.75 Å². The molecule has 0 spiro atoms. The maximum Gasteiger partial charge on any atom is 0.379 e. The second-order valence-electron chi connectivity index (χ2n) is 9.14. The third-order valence-corrected chi connectivity index (χ3v) is 7.48. The first kappa shape index (κ1) is 20.0. The molecule has 8 rings (SSSR count). The smallest absolute Gasteiger partial charge is 0.379 e. The third kappa shape index (κ3) is 2.74. The molecule has 4 aromatic rings. The fourth-order valence-electron chi connectivity index (χ4n) is 6.15. The van der Waals surface area contributed by atoms with E-state index in [1.807, 2.05) is 24.3 Å². The molecule has 6 nitrogen and oxygen atoms in total. The molecule has 4 aliphatic rings. The highest BCUT2D eigenvalue weighted by Crippen LogP contribution is 2.61. The highest BCUT2D eigenvalue weighted by molar-refractivity contribution is 6.23. The summed E-state index contributed by atoms with van der Waals surface area (Å²) in [5, 5.41) is 0. The number of furan rings is 1. The SMILES string of the molecule is O=C(Oc1ccc(N2C(=O)[C@@H]3C4c5ccccc5C(c5ccccc54)[C@H]3C2=O)cc1)c1ccco1. The summed E-state index contributed by atoms with van der Waals surface area (Å²) in [6.45, 7) is 0. The number of hydrogen-bond donors (Lipinski definition) is 0. The Kier molecular flexibility index (Phi) is 4.15. The molecule has 2 heterocycles. The van der Waals surface area contributed by atoms with Crippen LogP contribution in [0.25, 0.3) is 0 Å². The molecule has 3 aromatic carbocycles. The Morgan fingerprint density at radius 3 is 1.66 bits per heavy atom. The molecule has 170 valence electrons. The summed E-state index contributed by atoms with van der Waals surface area (Å²) in [6, 6.07) is 25.9. The lowest BCUT2D eigenvalue weighted by Crippen LogP contribution is -2.41. The van der Waals surface area contributed by atoms with Crippen molar-refractivity contribution in [3.05, 3.63) is 119 Å². The Bertz CT molecular complexity index is 1390. The van der Waals surface area contributed by atoms with Crippen molar-refractivity contribution in [3.63, 3.8) is 0 Å². The van der Waals surface area contributed by atoms with Gasteiger partial charge in [0.2, 0.25) is 17.6 Å². The summed E-state index contributed by atoms with van der Waals surface area (Å²) in [4.78, 5) is 41.0. The monoisotopic (exact) mass is 461 g/mol. The fourth-order valence-corrected chi connectivity index (χ4v) is 6.15. The number of ether oxygens (including phenoxy) is 1. The summed E-state index contributed by atoms with van der Waals surface area (Å²) in [5.74, 6) is -1.75. The molecule has 1 aromatic heterocycles. The number of carbonyl (C=O) groups excluding carboxylic acids is 3. The van der Waals surface area contributed by atoms with Gasteiger partial charge in [-0.15, -0.1) is 0 Å².